The molecular formula is C22H25ClN2O3. The van der Waals surface area contributed by atoms with E-state index in [9.17, 15) is 9.59 Å². The van der Waals surface area contributed by atoms with Crippen LogP contribution in [-0.4, -0.2) is 42.5 Å². The summed E-state index contributed by atoms with van der Waals surface area (Å²) >= 11 is 6.21. The van der Waals surface area contributed by atoms with Crippen molar-refractivity contribution < 1.29 is 14.3 Å². The van der Waals surface area contributed by atoms with Crippen molar-refractivity contribution in [2.24, 2.45) is 0 Å². The van der Waals surface area contributed by atoms with Gasteiger partial charge in [-0.15, -0.1) is 0 Å². The fourth-order valence-corrected chi connectivity index (χ4v) is 3.52. The summed E-state index contributed by atoms with van der Waals surface area (Å²) in [5.41, 5.74) is 3.26. The fraction of sp³-hybridized carbons (Fsp3) is 0.364. The lowest BCUT2D eigenvalue weighted by molar-refractivity contribution is -0.117. The molecule has 1 saturated heterocycles. The normalized spacial score (nSPS) is 16.0. The molecule has 2 aromatic carbocycles. The summed E-state index contributed by atoms with van der Waals surface area (Å²) in [5.74, 6) is -0.510. The second kappa shape index (κ2) is 9.22. The SMILES string of the molecule is Cc1cccc(NC(=O)CN(CC2CCCO2)C(=O)c2ccccc2Cl)c1C. The topological polar surface area (TPSA) is 58.6 Å². The van der Waals surface area contributed by atoms with E-state index in [1.807, 2.05) is 32.0 Å². The number of amides is 2. The Morgan fingerprint density at radius 1 is 1.18 bits per heavy atom. The van der Waals surface area contributed by atoms with Gasteiger partial charge in [0, 0.05) is 18.8 Å². The van der Waals surface area contributed by atoms with E-state index in [4.69, 9.17) is 16.3 Å². The van der Waals surface area contributed by atoms with Gasteiger partial charge in [-0.1, -0.05) is 35.9 Å². The molecule has 0 spiro atoms. The number of hydrogen-bond donors (Lipinski definition) is 1. The van der Waals surface area contributed by atoms with Crippen LogP contribution in [0.15, 0.2) is 42.5 Å². The van der Waals surface area contributed by atoms with Crippen molar-refractivity contribution in [2.45, 2.75) is 32.8 Å². The van der Waals surface area contributed by atoms with Gasteiger partial charge in [-0.3, -0.25) is 9.59 Å². The number of nitrogens with one attached hydrogen (secondary N) is 1. The molecule has 1 aliphatic heterocycles. The molecule has 0 radical (unpaired) electrons. The Labute approximate surface area is 170 Å². The summed E-state index contributed by atoms with van der Waals surface area (Å²) in [6, 6.07) is 12.6. The Morgan fingerprint density at radius 3 is 2.68 bits per heavy atom. The first kappa shape index (κ1) is 20.4. The summed E-state index contributed by atoms with van der Waals surface area (Å²) in [6.07, 6.45) is 1.79. The molecule has 0 aromatic heterocycles. The van der Waals surface area contributed by atoms with Crippen molar-refractivity contribution in [1.82, 2.24) is 4.90 Å². The third kappa shape index (κ3) is 4.91. The van der Waals surface area contributed by atoms with Gasteiger partial charge in [-0.2, -0.15) is 0 Å². The first-order valence-corrected chi connectivity index (χ1v) is 9.85. The van der Waals surface area contributed by atoms with Gasteiger partial charge in [0.2, 0.25) is 5.91 Å². The lowest BCUT2D eigenvalue weighted by Crippen LogP contribution is -2.42. The molecule has 0 bridgehead atoms. The molecule has 148 valence electrons. The molecule has 2 aromatic rings. The highest BCUT2D eigenvalue weighted by Crippen LogP contribution is 2.21. The maximum atomic E-state index is 13.1. The minimum absolute atomic E-state index is 0.0556. The number of carbonyl (C=O) groups excluding carboxylic acids is 2. The second-order valence-corrected chi connectivity index (χ2v) is 7.50. The maximum Gasteiger partial charge on any atom is 0.255 e. The van der Waals surface area contributed by atoms with Crippen molar-refractivity contribution in [3.63, 3.8) is 0 Å². The number of carbonyl (C=O) groups is 2. The minimum Gasteiger partial charge on any atom is -0.376 e. The van der Waals surface area contributed by atoms with Crippen LogP contribution in [0.3, 0.4) is 0 Å². The van der Waals surface area contributed by atoms with E-state index >= 15 is 0 Å². The molecule has 28 heavy (non-hydrogen) atoms. The monoisotopic (exact) mass is 400 g/mol. The minimum atomic E-state index is -0.266. The number of ether oxygens (including phenoxy) is 1. The van der Waals surface area contributed by atoms with E-state index in [1.54, 1.807) is 24.3 Å². The van der Waals surface area contributed by atoms with Crippen molar-refractivity contribution in [1.29, 1.82) is 0 Å². The van der Waals surface area contributed by atoms with Crippen LogP contribution in [0, 0.1) is 13.8 Å². The van der Waals surface area contributed by atoms with E-state index in [0.717, 1.165) is 29.7 Å². The number of nitrogens with zero attached hydrogens (tertiary/aromatic N) is 1. The van der Waals surface area contributed by atoms with Crippen LogP contribution < -0.4 is 5.32 Å². The van der Waals surface area contributed by atoms with Gasteiger partial charge < -0.3 is 15.0 Å². The molecule has 6 heteroatoms. The zero-order valence-corrected chi connectivity index (χ0v) is 17.0. The number of anilines is 1. The number of halogens is 1. The molecule has 1 unspecified atom stereocenters. The molecule has 1 N–H and O–H groups in total. The first-order chi connectivity index (χ1) is 13.5. The molecule has 1 atom stereocenters. The molecule has 1 aliphatic rings. The Hall–Kier alpha value is -2.37. The molecule has 3 rings (SSSR count). The first-order valence-electron chi connectivity index (χ1n) is 9.47. The van der Waals surface area contributed by atoms with Gasteiger partial charge in [0.25, 0.3) is 5.91 Å². The van der Waals surface area contributed by atoms with Gasteiger partial charge in [0.1, 0.15) is 6.54 Å². The van der Waals surface area contributed by atoms with Crippen molar-refractivity contribution in [3.05, 3.63) is 64.2 Å². The Morgan fingerprint density at radius 2 is 1.96 bits per heavy atom. The molecule has 1 heterocycles. The molecule has 1 fully saturated rings. The second-order valence-electron chi connectivity index (χ2n) is 7.10. The zero-order chi connectivity index (χ0) is 20.1. The van der Waals surface area contributed by atoms with Crippen LogP contribution in [-0.2, 0) is 9.53 Å². The summed E-state index contributed by atoms with van der Waals surface area (Å²) in [6.45, 7) is 4.95. The number of aryl methyl sites for hydroxylation is 1. The van der Waals surface area contributed by atoms with Crippen LogP contribution >= 0.6 is 11.6 Å². The fourth-order valence-electron chi connectivity index (χ4n) is 3.31. The standard InChI is InChI=1S/C22H25ClN2O3/c1-15-7-5-11-20(16(15)2)24-21(26)14-25(13-17-8-6-12-28-17)22(27)18-9-3-4-10-19(18)23/h3-5,7,9-11,17H,6,8,12-14H2,1-2H3,(H,24,26). The number of benzene rings is 2. The largest absolute Gasteiger partial charge is 0.376 e. The molecule has 0 saturated carbocycles. The molecular weight excluding hydrogens is 376 g/mol. The third-order valence-corrected chi connectivity index (χ3v) is 5.38. The average molecular weight is 401 g/mol. The highest BCUT2D eigenvalue weighted by Gasteiger charge is 2.26. The van der Waals surface area contributed by atoms with Gasteiger partial charge in [-0.25, -0.2) is 0 Å². The van der Waals surface area contributed by atoms with E-state index in [2.05, 4.69) is 5.32 Å². The maximum absolute atomic E-state index is 13.1. The summed E-state index contributed by atoms with van der Waals surface area (Å²) < 4.78 is 5.68. The smallest absolute Gasteiger partial charge is 0.255 e. The van der Waals surface area contributed by atoms with Crippen LogP contribution in [0.4, 0.5) is 5.69 Å². The lowest BCUT2D eigenvalue weighted by Gasteiger charge is -2.25. The van der Waals surface area contributed by atoms with Crippen LogP contribution in [0.25, 0.3) is 0 Å². The van der Waals surface area contributed by atoms with Gasteiger partial charge in [0.05, 0.1) is 16.7 Å². The average Bonchev–Trinajstić information content (AvgIpc) is 3.18. The number of rotatable bonds is 6. The van der Waals surface area contributed by atoms with Crippen LogP contribution in [0.2, 0.25) is 5.02 Å². The molecule has 5 nitrogen and oxygen atoms in total. The van der Waals surface area contributed by atoms with Crippen molar-refractivity contribution in [3.8, 4) is 0 Å². The number of hydrogen-bond acceptors (Lipinski definition) is 3. The highest BCUT2D eigenvalue weighted by atomic mass is 35.5. The predicted octanol–water partition coefficient (Wildman–Crippen LogP) is 4.22. The Balaban J connectivity index is 1.76. The molecule has 2 amide bonds. The summed E-state index contributed by atoms with van der Waals surface area (Å²) in [7, 11) is 0. The van der Waals surface area contributed by atoms with E-state index in [-0.39, 0.29) is 24.5 Å². The highest BCUT2D eigenvalue weighted by molar-refractivity contribution is 6.33. The zero-order valence-electron chi connectivity index (χ0n) is 16.2. The lowest BCUT2D eigenvalue weighted by atomic mass is 10.1. The van der Waals surface area contributed by atoms with E-state index < -0.39 is 0 Å². The third-order valence-electron chi connectivity index (χ3n) is 5.05. The predicted molar refractivity (Wildman–Crippen MR) is 111 cm³/mol. The quantitative estimate of drug-likeness (QED) is 0.789. The van der Waals surface area contributed by atoms with Gasteiger partial charge >= 0.3 is 0 Å². The van der Waals surface area contributed by atoms with Crippen LogP contribution in [0.1, 0.15) is 34.3 Å². The van der Waals surface area contributed by atoms with Crippen molar-refractivity contribution >= 4 is 29.1 Å². The molecule has 0 aliphatic carbocycles. The Kier molecular flexibility index (Phi) is 6.70. The van der Waals surface area contributed by atoms with Crippen molar-refractivity contribution in [2.75, 3.05) is 25.0 Å². The summed E-state index contributed by atoms with van der Waals surface area (Å²) in [4.78, 5) is 27.3. The van der Waals surface area contributed by atoms with E-state index in [1.165, 1.54) is 4.90 Å². The summed E-state index contributed by atoms with van der Waals surface area (Å²) in [5, 5.41) is 3.30. The van der Waals surface area contributed by atoms with Gasteiger partial charge in [-0.05, 0) is 56.0 Å². The van der Waals surface area contributed by atoms with Crippen LogP contribution in [0.5, 0.6) is 0 Å². The Bertz CT molecular complexity index is 863. The van der Waals surface area contributed by atoms with E-state index in [0.29, 0.717) is 23.7 Å². The van der Waals surface area contributed by atoms with Gasteiger partial charge in [0.15, 0.2) is 0 Å².